The van der Waals surface area contributed by atoms with Gasteiger partial charge in [-0.2, -0.15) is 0 Å². The normalized spacial score (nSPS) is 12.6. The molecule has 0 bridgehead atoms. The minimum Gasteiger partial charge on any atom is -0.369 e. The summed E-state index contributed by atoms with van der Waals surface area (Å²) in [6.07, 6.45) is 1.47. The lowest BCUT2D eigenvalue weighted by atomic mass is 9.98. The van der Waals surface area contributed by atoms with Crippen molar-refractivity contribution in [2.45, 2.75) is 20.8 Å². The van der Waals surface area contributed by atoms with Crippen LogP contribution in [0.5, 0.6) is 0 Å². The van der Waals surface area contributed by atoms with Gasteiger partial charge in [-0.15, -0.1) is 0 Å². The van der Waals surface area contributed by atoms with Gasteiger partial charge in [-0.1, -0.05) is 20.8 Å². The highest BCUT2D eigenvalue weighted by Crippen LogP contribution is 2.26. The minimum absolute atomic E-state index is 0.578. The van der Waals surface area contributed by atoms with Crippen LogP contribution in [0.25, 0.3) is 0 Å². The lowest BCUT2D eigenvalue weighted by Gasteiger charge is -2.17. The highest BCUT2D eigenvalue weighted by molar-refractivity contribution is 9.10. The zero-order chi connectivity index (χ0) is 12.1. The summed E-state index contributed by atoms with van der Waals surface area (Å²) in [7, 11) is 0. The Morgan fingerprint density at radius 1 is 1.31 bits per heavy atom. The second-order valence-electron chi connectivity index (χ2n) is 4.13. The second-order valence-corrected chi connectivity index (χ2v) is 4.92. The zero-order valence-electron chi connectivity index (χ0n) is 9.79. The lowest BCUT2D eigenvalue weighted by Crippen LogP contribution is -2.18. The smallest absolute Gasteiger partial charge is 0.159 e. The molecule has 1 rings (SSSR count). The first-order chi connectivity index (χ1) is 7.56. The van der Waals surface area contributed by atoms with Crippen LogP contribution < -0.4 is 16.6 Å². The minimum atomic E-state index is 0.578. The van der Waals surface area contributed by atoms with Gasteiger partial charge in [0.15, 0.2) is 5.82 Å². The Bertz CT molecular complexity index is 342. The summed E-state index contributed by atoms with van der Waals surface area (Å²) >= 11 is 3.40. The van der Waals surface area contributed by atoms with E-state index in [1.807, 2.05) is 0 Å². The molecule has 0 aliphatic carbocycles. The molecule has 6 heteroatoms. The van der Waals surface area contributed by atoms with Gasteiger partial charge in [0.1, 0.15) is 16.6 Å². The third-order valence-electron chi connectivity index (χ3n) is 2.66. The molecule has 1 aromatic rings. The van der Waals surface area contributed by atoms with Crippen LogP contribution in [-0.4, -0.2) is 16.5 Å². The maximum atomic E-state index is 5.33. The first-order valence-electron chi connectivity index (χ1n) is 5.27. The predicted octanol–water partition coefficient (Wildman–Crippen LogP) is 2.23. The predicted molar refractivity (Wildman–Crippen MR) is 70.0 cm³/mol. The van der Waals surface area contributed by atoms with Crippen molar-refractivity contribution in [3.05, 3.63) is 10.8 Å². The number of anilines is 2. The maximum Gasteiger partial charge on any atom is 0.159 e. The van der Waals surface area contributed by atoms with Crippen molar-refractivity contribution in [1.29, 1.82) is 0 Å². The van der Waals surface area contributed by atoms with Gasteiger partial charge in [0.25, 0.3) is 0 Å². The van der Waals surface area contributed by atoms with E-state index in [9.17, 15) is 0 Å². The fourth-order valence-corrected chi connectivity index (χ4v) is 1.55. The first-order valence-corrected chi connectivity index (χ1v) is 6.06. The molecule has 1 aromatic heterocycles. The van der Waals surface area contributed by atoms with Crippen molar-refractivity contribution in [1.82, 2.24) is 9.97 Å². The third-order valence-corrected chi connectivity index (χ3v) is 3.41. The number of hydrogen-bond donors (Lipinski definition) is 3. The van der Waals surface area contributed by atoms with Crippen molar-refractivity contribution in [2.75, 3.05) is 17.3 Å². The van der Waals surface area contributed by atoms with E-state index in [1.54, 1.807) is 0 Å². The van der Waals surface area contributed by atoms with E-state index < -0.39 is 0 Å². The average molecular weight is 288 g/mol. The number of nitrogens with zero attached hydrogens (tertiary/aromatic N) is 2. The van der Waals surface area contributed by atoms with Gasteiger partial charge < -0.3 is 10.7 Å². The number of nitrogen functional groups attached to an aromatic ring is 1. The molecule has 1 atom stereocenters. The molecule has 16 heavy (non-hydrogen) atoms. The Labute approximate surface area is 104 Å². The van der Waals surface area contributed by atoms with Crippen LogP contribution in [0.1, 0.15) is 20.8 Å². The molecule has 0 aliphatic heterocycles. The van der Waals surface area contributed by atoms with E-state index in [2.05, 4.69) is 57.4 Å². The van der Waals surface area contributed by atoms with Crippen LogP contribution in [0.15, 0.2) is 10.8 Å². The summed E-state index contributed by atoms with van der Waals surface area (Å²) in [5.41, 5.74) is 2.51. The van der Waals surface area contributed by atoms with Gasteiger partial charge >= 0.3 is 0 Å². The molecule has 0 amide bonds. The lowest BCUT2D eigenvalue weighted by molar-refractivity contribution is 0.439. The summed E-state index contributed by atoms with van der Waals surface area (Å²) in [6, 6.07) is 0. The van der Waals surface area contributed by atoms with E-state index in [4.69, 9.17) is 5.84 Å². The molecule has 1 heterocycles. The van der Waals surface area contributed by atoms with E-state index in [-0.39, 0.29) is 0 Å². The highest BCUT2D eigenvalue weighted by Gasteiger charge is 2.10. The molecule has 5 nitrogen and oxygen atoms in total. The van der Waals surface area contributed by atoms with E-state index in [0.29, 0.717) is 17.7 Å². The average Bonchev–Trinajstić information content (AvgIpc) is 2.27. The van der Waals surface area contributed by atoms with Gasteiger partial charge in [0.2, 0.25) is 0 Å². The number of halogens is 1. The molecular weight excluding hydrogens is 270 g/mol. The van der Waals surface area contributed by atoms with Crippen LogP contribution in [0.4, 0.5) is 11.6 Å². The summed E-state index contributed by atoms with van der Waals surface area (Å²) < 4.78 is 0.758. The Morgan fingerprint density at radius 2 is 1.94 bits per heavy atom. The van der Waals surface area contributed by atoms with Gasteiger partial charge in [-0.25, -0.2) is 15.8 Å². The van der Waals surface area contributed by atoms with Crippen LogP contribution in [0.3, 0.4) is 0 Å². The zero-order valence-corrected chi connectivity index (χ0v) is 11.4. The molecule has 90 valence electrons. The van der Waals surface area contributed by atoms with Gasteiger partial charge in [-0.3, -0.25) is 0 Å². The molecule has 4 N–H and O–H groups in total. The fraction of sp³-hybridized carbons (Fsp3) is 0.600. The topological polar surface area (TPSA) is 75.9 Å². The number of hydrazine groups is 1. The monoisotopic (exact) mass is 287 g/mol. The molecular formula is C10H18BrN5. The van der Waals surface area contributed by atoms with Gasteiger partial charge in [-0.05, 0) is 27.8 Å². The molecule has 0 saturated heterocycles. The van der Waals surface area contributed by atoms with Crippen LogP contribution >= 0.6 is 15.9 Å². The molecule has 0 saturated carbocycles. The Hall–Kier alpha value is -0.880. The van der Waals surface area contributed by atoms with Crippen LogP contribution in [0.2, 0.25) is 0 Å². The van der Waals surface area contributed by atoms with Gasteiger partial charge in [0.05, 0.1) is 0 Å². The van der Waals surface area contributed by atoms with E-state index in [1.165, 1.54) is 6.33 Å². The summed E-state index contributed by atoms with van der Waals surface area (Å²) in [5.74, 6) is 7.88. The maximum absolute atomic E-state index is 5.33. The van der Waals surface area contributed by atoms with E-state index in [0.717, 1.165) is 16.8 Å². The number of aromatic nitrogens is 2. The summed E-state index contributed by atoms with van der Waals surface area (Å²) in [5, 5.41) is 3.28. The van der Waals surface area contributed by atoms with E-state index >= 15 is 0 Å². The molecule has 1 unspecified atom stereocenters. The van der Waals surface area contributed by atoms with Gasteiger partial charge in [0, 0.05) is 6.54 Å². The van der Waals surface area contributed by atoms with Crippen LogP contribution in [-0.2, 0) is 0 Å². The number of nitrogens with one attached hydrogen (secondary N) is 2. The number of hydrogen-bond acceptors (Lipinski definition) is 5. The SMILES string of the molecule is CC(C)C(C)CNc1ncnc(NN)c1Br. The Balaban J connectivity index is 2.67. The standard InChI is InChI=1S/C10H18BrN5/c1-6(2)7(3)4-13-9-8(11)10(16-12)15-5-14-9/h5-7H,4,12H2,1-3H3,(H2,13,14,15,16). The molecule has 0 radical (unpaired) electrons. The van der Waals surface area contributed by atoms with Crippen molar-refractivity contribution in [2.24, 2.45) is 17.7 Å². The fourth-order valence-electron chi connectivity index (χ4n) is 1.09. The second kappa shape index (κ2) is 6.00. The number of rotatable bonds is 5. The Kier molecular flexibility index (Phi) is 4.95. The number of nitrogens with two attached hydrogens (primary N) is 1. The molecule has 0 aliphatic rings. The summed E-state index contributed by atoms with van der Waals surface area (Å²) in [4.78, 5) is 8.14. The third kappa shape index (κ3) is 3.31. The largest absolute Gasteiger partial charge is 0.369 e. The summed E-state index contributed by atoms with van der Waals surface area (Å²) in [6.45, 7) is 7.48. The molecule has 0 spiro atoms. The Morgan fingerprint density at radius 3 is 2.50 bits per heavy atom. The van der Waals surface area contributed by atoms with Crippen molar-refractivity contribution < 1.29 is 0 Å². The van der Waals surface area contributed by atoms with Crippen molar-refractivity contribution in [3.8, 4) is 0 Å². The van der Waals surface area contributed by atoms with Crippen LogP contribution in [0, 0.1) is 11.8 Å². The first kappa shape index (κ1) is 13.2. The van der Waals surface area contributed by atoms with Crippen molar-refractivity contribution >= 4 is 27.6 Å². The molecule has 0 fully saturated rings. The highest BCUT2D eigenvalue weighted by atomic mass is 79.9. The quantitative estimate of drug-likeness (QED) is 0.572. The van der Waals surface area contributed by atoms with Crippen molar-refractivity contribution in [3.63, 3.8) is 0 Å². The molecule has 0 aromatic carbocycles.